The minimum Gasteiger partial charge on any atom is -0.460 e. The van der Waals surface area contributed by atoms with Gasteiger partial charge in [0, 0.05) is 19.6 Å². The molecule has 5 heteroatoms. The lowest BCUT2D eigenvalue weighted by Crippen LogP contribution is -2.43. The number of nitrogens with one attached hydrogen (secondary N) is 1. The molecular formula is C16H24N2O3. The SMILES string of the molecule is CC(C)(C)OC(=O)C1CNCC1N(O)Cc1ccccc1. The number of hydrogen-bond acceptors (Lipinski definition) is 5. The number of rotatable bonds is 4. The lowest BCUT2D eigenvalue weighted by Gasteiger charge is -2.28. The lowest BCUT2D eigenvalue weighted by molar-refractivity contribution is -0.175. The van der Waals surface area contributed by atoms with Crippen LogP contribution in [0.3, 0.4) is 0 Å². The van der Waals surface area contributed by atoms with Crippen LogP contribution in [0.25, 0.3) is 0 Å². The summed E-state index contributed by atoms with van der Waals surface area (Å²) in [4.78, 5) is 12.2. The summed E-state index contributed by atoms with van der Waals surface area (Å²) in [5.41, 5.74) is 0.499. The Bertz CT molecular complexity index is 470. The van der Waals surface area contributed by atoms with E-state index in [-0.39, 0.29) is 17.9 Å². The summed E-state index contributed by atoms with van der Waals surface area (Å²) >= 11 is 0. The topological polar surface area (TPSA) is 61.8 Å². The smallest absolute Gasteiger partial charge is 0.312 e. The third-order valence-corrected chi connectivity index (χ3v) is 3.46. The van der Waals surface area contributed by atoms with Crippen molar-refractivity contribution in [3.8, 4) is 0 Å². The Kier molecular flexibility index (Phi) is 4.98. The van der Waals surface area contributed by atoms with Crippen molar-refractivity contribution >= 4 is 5.97 Å². The van der Waals surface area contributed by atoms with E-state index >= 15 is 0 Å². The molecule has 1 aromatic rings. The molecule has 2 unspecified atom stereocenters. The summed E-state index contributed by atoms with van der Waals surface area (Å²) in [6, 6.07) is 9.44. The van der Waals surface area contributed by atoms with Gasteiger partial charge < -0.3 is 15.3 Å². The Morgan fingerprint density at radius 3 is 2.62 bits per heavy atom. The van der Waals surface area contributed by atoms with E-state index in [4.69, 9.17) is 4.74 Å². The number of carbonyl (C=O) groups is 1. The molecular weight excluding hydrogens is 268 g/mol. The number of nitrogens with zero attached hydrogens (tertiary/aromatic N) is 1. The van der Waals surface area contributed by atoms with Crippen molar-refractivity contribution < 1.29 is 14.7 Å². The molecule has 21 heavy (non-hydrogen) atoms. The Morgan fingerprint density at radius 1 is 1.33 bits per heavy atom. The average Bonchev–Trinajstić information content (AvgIpc) is 2.87. The van der Waals surface area contributed by atoms with E-state index < -0.39 is 5.60 Å². The predicted molar refractivity (Wildman–Crippen MR) is 79.8 cm³/mol. The fraction of sp³-hybridized carbons (Fsp3) is 0.562. The molecule has 1 saturated heterocycles. The minimum atomic E-state index is -0.510. The summed E-state index contributed by atoms with van der Waals surface area (Å²) in [5.74, 6) is -0.609. The van der Waals surface area contributed by atoms with Crippen LogP contribution in [0.15, 0.2) is 30.3 Å². The van der Waals surface area contributed by atoms with Gasteiger partial charge in [0.15, 0.2) is 0 Å². The Balaban J connectivity index is 1.99. The molecule has 1 aromatic carbocycles. The highest BCUT2D eigenvalue weighted by Gasteiger charge is 2.39. The van der Waals surface area contributed by atoms with Crippen molar-refractivity contribution in [1.82, 2.24) is 10.4 Å². The first-order valence-electron chi connectivity index (χ1n) is 7.30. The van der Waals surface area contributed by atoms with Crippen LogP contribution in [0.4, 0.5) is 0 Å². The Morgan fingerprint density at radius 2 is 2.00 bits per heavy atom. The van der Waals surface area contributed by atoms with Crippen LogP contribution in [-0.2, 0) is 16.1 Å². The predicted octanol–water partition coefficient (Wildman–Crippen LogP) is 1.81. The van der Waals surface area contributed by atoms with Crippen LogP contribution in [0, 0.1) is 5.92 Å². The van der Waals surface area contributed by atoms with Gasteiger partial charge in [-0.2, -0.15) is 5.06 Å². The highest BCUT2D eigenvalue weighted by molar-refractivity contribution is 5.74. The molecule has 2 N–H and O–H groups in total. The number of benzene rings is 1. The normalized spacial score (nSPS) is 22.5. The lowest BCUT2D eigenvalue weighted by atomic mass is 10.0. The fourth-order valence-electron chi connectivity index (χ4n) is 2.48. The van der Waals surface area contributed by atoms with Crippen LogP contribution >= 0.6 is 0 Å². The molecule has 0 radical (unpaired) electrons. The maximum atomic E-state index is 12.2. The molecule has 5 nitrogen and oxygen atoms in total. The van der Waals surface area contributed by atoms with Gasteiger partial charge in [0.1, 0.15) is 5.60 Å². The molecule has 116 valence electrons. The van der Waals surface area contributed by atoms with Gasteiger partial charge >= 0.3 is 5.97 Å². The molecule has 1 heterocycles. The zero-order chi connectivity index (χ0) is 15.5. The first-order valence-corrected chi connectivity index (χ1v) is 7.30. The number of carbonyl (C=O) groups excluding carboxylic acids is 1. The maximum absolute atomic E-state index is 12.2. The minimum absolute atomic E-state index is 0.260. The summed E-state index contributed by atoms with van der Waals surface area (Å²) in [7, 11) is 0. The molecule has 1 fully saturated rings. The summed E-state index contributed by atoms with van der Waals surface area (Å²) in [5, 5.41) is 14.7. The summed E-state index contributed by atoms with van der Waals surface area (Å²) in [6.07, 6.45) is 0. The van der Waals surface area contributed by atoms with Crippen molar-refractivity contribution in [2.75, 3.05) is 13.1 Å². The molecule has 0 aliphatic carbocycles. The van der Waals surface area contributed by atoms with Crippen molar-refractivity contribution in [3.05, 3.63) is 35.9 Å². The molecule has 0 spiro atoms. The van der Waals surface area contributed by atoms with Crippen LogP contribution in [0.2, 0.25) is 0 Å². The summed E-state index contributed by atoms with van der Waals surface area (Å²) in [6.45, 7) is 7.06. The molecule has 1 aliphatic heterocycles. The maximum Gasteiger partial charge on any atom is 0.312 e. The quantitative estimate of drug-likeness (QED) is 0.654. The molecule has 0 bridgehead atoms. The Labute approximate surface area is 125 Å². The fourth-order valence-corrected chi connectivity index (χ4v) is 2.48. The van der Waals surface area contributed by atoms with Crippen LogP contribution in [0.1, 0.15) is 26.3 Å². The van der Waals surface area contributed by atoms with Crippen LogP contribution in [0.5, 0.6) is 0 Å². The van der Waals surface area contributed by atoms with Crippen LogP contribution < -0.4 is 5.32 Å². The van der Waals surface area contributed by atoms with Crippen molar-refractivity contribution in [2.24, 2.45) is 5.92 Å². The van der Waals surface area contributed by atoms with Gasteiger partial charge in [0.25, 0.3) is 0 Å². The Hall–Kier alpha value is -1.43. The van der Waals surface area contributed by atoms with Crippen molar-refractivity contribution in [3.63, 3.8) is 0 Å². The second-order valence-electron chi connectivity index (χ2n) is 6.45. The van der Waals surface area contributed by atoms with Crippen molar-refractivity contribution in [2.45, 2.75) is 39.0 Å². The van der Waals surface area contributed by atoms with E-state index in [1.165, 1.54) is 5.06 Å². The molecule has 0 aromatic heterocycles. The molecule has 2 atom stereocenters. The highest BCUT2D eigenvalue weighted by Crippen LogP contribution is 2.21. The monoisotopic (exact) mass is 292 g/mol. The number of ether oxygens (including phenoxy) is 1. The highest BCUT2D eigenvalue weighted by atomic mass is 16.6. The van der Waals surface area contributed by atoms with E-state index in [2.05, 4.69) is 5.32 Å². The van der Waals surface area contributed by atoms with Gasteiger partial charge in [0.05, 0.1) is 12.0 Å². The first-order chi connectivity index (χ1) is 9.87. The van der Waals surface area contributed by atoms with E-state index in [1.807, 2.05) is 51.1 Å². The zero-order valence-electron chi connectivity index (χ0n) is 12.9. The second-order valence-corrected chi connectivity index (χ2v) is 6.45. The number of esters is 1. The van der Waals surface area contributed by atoms with Gasteiger partial charge in [-0.3, -0.25) is 4.79 Å². The van der Waals surface area contributed by atoms with E-state index in [1.54, 1.807) is 0 Å². The van der Waals surface area contributed by atoms with Gasteiger partial charge in [0.2, 0.25) is 0 Å². The van der Waals surface area contributed by atoms with Gasteiger partial charge in [-0.05, 0) is 26.3 Å². The van der Waals surface area contributed by atoms with E-state index in [0.717, 1.165) is 5.56 Å². The summed E-state index contributed by atoms with van der Waals surface area (Å²) < 4.78 is 5.44. The van der Waals surface area contributed by atoms with Gasteiger partial charge in [-0.1, -0.05) is 30.3 Å². The molecule has 0 saturated carbocycles. The number of hydroxylamine groups is 2. The number of hydrogen-bond donors (Lipinski definition) is 2. The third kappa shape index (κ3) is 4.52. The van der Waals surface area contributed by atoms with Crippen LogP contribution in [-0.4, -0.2) is 41.0 Å². The zero-order valence-corrected chi connectivity index (χ0v) is 12.9. The standard InChI is InChI=1S/C16H24N2O3/c1-16(2,3)21-15(19)13-9-17-10-14(13)18(20)11-12-7-5-4-6-8-12/h4-8,13-14,17,20H,9-11H2,1-3H3. The second kappa shape index (κ2) is 6.56. The molecule has 2 rings (SSSR count). The first kappa shape index (κ1) is 15.9. The van der Waals surface area contributed by atoms with Crippen molar-refractivity contribution in [1.29, 1.82) is 0 Å². The van der Waals surface area contributed by atoms with E-state index in [0.29, 0.717) is 19.6 Å². The molecule has 0 amide bonds. The van der Waals surface area contributed by atoms with Gasteiger partial charge in [-0.25, -0.2) is 0 Å². The third-order valence-electron chi connectivity index (χ3n) is 3.46. The molecule has 1 aliphatic rings. The van der Waals surface area contributed by atoms with E-state index in [9.17, 15) is 10.0 Å². The largest absolute Gasteiger partial charge is 0.460 e. The average molecular weight is 292 g/mol. The van der Waals surface area contributed by atoms with Gasteiger partial charge in [-0.15, -0.1) is 0 Å².